The summed E-state index contributed by atoms with van der Waals surface area (Å²) in [6.45, 7) is 0.542. The van der Waals surface area contributed by atoms with Gasteiger partial charge in [-0.2, -0.15) is 0 Å². The van der Waals surface area contributed by atoms with Crippen molar-refractivity contribution in [3.8, 4) is 0 Å². The Kier molecular flexibility index (Phi) is 5.85. The number of carbonyl (C=O) groups excluding carboxylic acids is 1. The van der Waals surface area contributed by atoms with Gasteiger partial charge in [-0.3, -0.25) is 0 Å². The van der Waals surface area contributed by atoms with E-state index in [0.29, 0.717) is 28.0 Å². The van der Waals surface area contributed by atoms with Gasteiger partial charge in [-0.1, -0.05) is 35.3 Å². The molecule has 0 aromatic heterocycles. The van der Waals surface area contributed by atoms with Crippen molar-refractivity contribution in [2.45, 2.75) is 18.9 Å². The summed E-state index contributed by atoms with van der Waals surface area (Å²) >= 11 is 11.8. The van der Waals surface area contributed by atoms with E-state index in [-0.39, 0.29) is 18.1 Å². The first-order valence-corrected chi connectivity index (χ1v) is 8.83. The van der Waals surface area contributed by atoms with Crippen molar-refractivity contribution < 1.29 is 9.53 Å². The van der Waals surface area contributed by atoms with Gasteiger partial charge in [0.1, 0.15) is 6.61 Å². The lowest BCUT2D eigenvalue weighted by molar-refractivity contribution is 0.262. The molecule has 0 spiro atoms. The number of nitrogens with one attached hydrogen (secondary N) is 2. The molecule has 0 radical (unpaired) electrons. The molecule has 0 bridgehead atoms. The number of rotatable bonds is 5. The molecule has 2 aromatic carbocycles. The van der Waals surface area contributed by atoms with E-state index in [1.807, 2.05) is 24.3 Å². The lowest BCUT2D eigenvalue weighted by Crippen LogP contribution is -2.19. The van der Waals surface area contributed by atoms with Gasteiger partial charge in [-0.25, -0.2) is 9.79 Å². The highest BCUT2D eigenvalue weighted by Gasteiger charge is 2.16. The molecule has 2 amide bonds. The second-order valence-electron chi connectivity index (χ2n) is 5.88. The quantitative estimate of drug-likeness (QED) is 0.708. The smallest absolute Gasteiger partial charge is 0.323 e. The summed E-state index contributed by atoms with van der Waals surface area (Å²) in [4.78, 5) is 16.3. The zero-order chi connectivity index (χ0) is 18.5. The van der Waals surface area contributed by atoms with E-state index in [4.69, 9.17) is 33.7 Å². The van der Waals surface area contributed by atoms with Crippen molar-refractivity contribution >= 4 is 46.6 Å². The first-order chi connectivity index (χ1) is 12.5. The number of nitrogens with two attached hydrogens (primary N) is 1. The van der Waals surface area contributed by atoms with Gasteiger partial charge >= 0.3 is 6.03 Å². The Labute approximate surface area is 161 Å². The maximum atomic E-state index is 12.1. The Balaban J connectivity index is 1.50. The van der Waals surface area contributed by atoms with Gasteiger partial charge < -0.3 is 21.1 Å². The number of anilines is 2. The Morgan fingerprint density at radius 1 is 1.12 bits per heavy atom. The first kappa shape index (κ1) is 18.4. The van der Waals surface area contributed by atoms with E-state index >= 15 is 0 Å². The molecule has 1 unspecified atom stereocenters. The minimum Gasteiger partial charge on any atom is -0.463 e. The molecule has 1 atom stereocenters. The highest BCUT2D eigenvalue weighted by Crippen LogP contribution is 2.25. The third-order valence-corrected chi connectivity index (χ3v) is 4.63. The van der Waals surface area contributed by atoms with Gasteiger partial charge in [0.2, 0.25) is 0 Å². The average Bonchev–Trinajstić information content (AvgIpc) is 3.03. The number of aliphatic imine (C=N–C) groups is 1. The van der Waals surface area contributed by atoms with Gasteiger partial charge in [-0.05, 0) is 48.7 Å². The number of hydrogen-bond donors (Lipinski definition) is 3. The molecule has 4 N–H and O–H groups in total. The summed E-state index contributed by atoms with van der Waals surface area (Å²) < 4.78 is 5.14. The molecule has 6 nitrogen and oxygen atoms in total. The summed E-state index contributed by atoms with van der Waals surface area (Å²) in [5.74, 6) is 0. The van der Waals surface area contributed by atoms with E-state index in [0.717, 1.165) is 18.4 Å². The molecule has 1 aliphatic rings. The van der Waals surface area contributed by atoms with E-state index in [1.54, 1.807) is 18.2 Å². The molecular formula is C18H18Cl2N4O2. The van der Waals surface area contributed by atoms with E-state index in [1.165, 1.54) is 0 Å². The van der Waals surface area contributed by atoms with Crippen LogP contribution in [-0.2, 0) is 11.2 Å². The first-order valence-electron chi connectivity index (χ1n) is 8.07. The maximum Gasteiger partial charge on any atom is 0.323 e. The highest BCUT2D eigenvalue weighted by atomic mass is 35.5. The molecule has 26 heavy (non-hydrogen) atoms. The van der Waals surface area contributed by atoms with E-state index in [9.17, 15) is 4.79 Å². The van der Waals surface area contributed by atoms with Crippen LogP contribution in [0.1, 0.15) is 12.0 Å². The highest BCUT2D eigenvalue weighted by molar-refractivity contribution is 6.42. The van der Waals surface area contributed by atoms with Crippen LogP contribution in [0.2, 0.25) is 10.0 Å². The van der Waals surface area contributed by atoms with Crippen LogP contribution in [0.15, 0.2) is 47.5 Å². The van der Waals surface area contributed by atoms with Crippen molar-refractivity contribution in [3.05, 3.63) is 58.1 Å². The van der Waals surface area contributed by atoms with Crippen LogP contribution < -0.4 is 16.4 Å². The predicted molar refractivity (Wildman–Crippen MR) is 105 cm³/mol. The van der Waals surface area contributed by atoms with Gasteiger partial charge in [0.05, 0.1) is 16.1 Å². The topological polar surface area (TPSA) is 88.7 Å². The fourth-order valence-corrected chi connectivity index (χ4v) is 2.84. The Morgan fingerprint density at radius 2 is 1.81 bits per heavy atom. The SMILES string of the molecule is NC1=NC(CCc2ccc(NC(=O)Nc3ccc(Cl)c(Cl)c3)cc2)CO1. The zero-order valence-electron chi connectivity index (χ0n) is 13.8. The number of urea groups is 1. The van der Waals surface area contributed by atoms with Gasteiger partial charge in [-0.15, -0.1) is 0 Å². The summed E-state index contributed by atoms with van der Waals surface area (Å²) in [6.07, 6.45) is 1.73. The van der Waals surface area contributed by atoms with Crippen LogP contribution in [0.3, 0.4) is 0 Å². The number of carbonyl (C=O) groups is 1. The van der Waals surface area contributed by atoms with Gasteiger partial charge in [0.15, 0.2) is 0 Å². The number of ether oxygens (including phenoxy) is 1. The molecule has 136 valence electrons. The Hall–Kier alpha value is -2.44. The van der Waals surface area contributed by atoms with Crippen LogP contribution in [0.25, 0.3) is 0 Å². The zero-order valence-corrected chi connectivity index (χ0v) is 15.3. The van der Waals surface area contributed by atoms with E-state index in [2.05, 4.69) is 15.6 Å². The molecule has 1 heterocycles. The molecule has 8 heteroatoms. The third-order valence-electron chi connectivity index (χ3n) is 3.89. The van der Waals surface area contributed by atoms with Crippen LogP contribution in [-0.4, -0.2) is 24.7 Å². The van der Waals surface area contributed by atoms with Crippen LogP contribution in [0.5, 0.6) is 0 Å². The predicted octanol–water partition coefficient (Wildman–Crippen LogP) is 4.28. The summed E-state index contributed by atoms with van der Waals surface area (Å²) in [5, 5.41) is 6.29. The van der Waals surface area contributed by atoms with Crippen LogP contribution >= 0.6 is 23.2 Å². The molecule has 1 aliphatic heterocycles. The van der Waals surface area contributed by atoms with Crippen LogP contribution in [0, 0.1) is 0 Å². The van der Waals surface area contributed by atoms with Gasteiger partial charge in [0.25, 0.3) is 6.02 Å². The molecule has 0 fully saturated rings. The average molecular weight is 393 g/mol. The third kappa shape index (κ3) is 5.03. The summed E-state index contributed by atoms with van der Waals surface area (Å²) in [6, 6.07) is 12.6. The maximum absolute atomic E-state index is 12.1. The monoisotopic (exact) mass is 392 g/mol. The molecule has 0 saturated heterocycles. The lowest BCUT2D eigenvalue weighted by Gasteiger charge is -2.09. The lowest BCUT2D eigenvalue weighted by atomic mass is 10.1. The molecule has 0 saturated carbocycles. The number of hydrogen-bond acceptors (Lipinski definition) is 4. The van der Waals surface area contributed by atoms with Crippen molar-refractivity contribution in [1.82, 2.24) is 0 Å². The second kappa shape index (κ2) is 8.29. The van der Waals surface area contributed by atoms with Crippen molar-refractivity contribution in [1.29, 1.82) is 0 Å². The molecule has 0 aliphatic carbocycles. The molecule has 2 aromatic rings. The fourth-order valence-electron chi connectivity index (χ4n) is 2.54. The minimum atomic E-state index is -0.357. The fraction of sp³-hybridized carbons (Fsp3) is 0.222. The van der Waals surface area contributed by atoms with Crippen molar-refractivity contribution in [3.63, 3.8) is 0 Å². The second-order valence-corrected chi connectivity index (χ2v) is 6.69. The van der Waals surface area contributed by atoms with Gasteiger partial charge in [0, 0.05) is 11.4 Å². The Morgan fingerprint density at radius 3 is 2.46 bits per heavy atom. The molecule has 3 rings (SSSR count). The van der Waals surface area contributed by atoms with Crippen molar-refractivity contribution in [2.75, 3.05) is 17.2 Å². The summed E-state index contributed by atoms with van der Waals surface area (Å²) in [7, 11) is 0. The Bertz CT molecular complexity index is 824. The number of nitrogens with zero attached hydrogens (tertiary/aromatic N) is 1. The largest absolute Gasteiger partial charge is 0.463 e. The number of benzene rings is 2. The standard InChI is InChI=1S/C18H18Cl2N4O2/c19-15-8-7-13(9-16(15)20)24-18(25)23-12-4-1-11(2-5-12)3-6-14-10-26-17(21)22-14/h1-2,4-5,7-9,14H,3,6,10H2,(H2,21,22)(H2,23,24,25). The number of amides is 2. The van der Waals surface area contributed by atoms with Crippen molar-refractivity contribution in [2.24, 2.45) is 10.7 Å². The number of amidine groups is 1. The van der Waals surface area contributed by atoms with E-state index < -0.39 is 0 Å². The number of aryl methyl sites for hydroxylation is 1. The van der Waals surface area contributed by atoms with Crippen LogP contribution in [0.4, 0.5) is 16.2 Å². The number of halogens is 2. The minimum absolute atomic E-state index is 0.116. The molecular weight excluding hydrogens is 375 g/mol. The summed E-state index contributed by atoms with van der Waals surface area (Å²) in [5.41, 5.74) is 7.91. The normalized spacial score (nSPS) is 15.9.